The average Bonchev–Trinajstić information content (AvgIpc) is 2.32. The van der Waals surface area contributed by atoms with Crippen molar-refractivity contribution in [2.24, 2.45) is 0 Å². The van der Waals surface area contributed by atoms with Crippen molar-refractivity contribution in [3.8, 4) is 0 Å². The van der Waals surface area contributed by atoms with Crippen molar-refractivity contribution in [2.45, 2.75) is 19.8 Å². The fraction of sp³-hybridized carbons (Fsp3) is 0.231. The first-order valence-corrected chi connectivity index (χ1v) is 5.61. The zero-order valence-corrected chi connectivity index (χ0v) is 10.0. The fourth-order valence-electron chi connectivity index (χ4n) is 1.69. The third-order valence-electron chi connectivity index (χ3n) is 2.56. The van der Waals surface area contributed by atoms with Gasteiger partial charge < -0.3 is 11.1 Å². The molecule has 4 heteroatoms. The van der Waals surface area contributed by atoms with Gasteiger partial charge in [-0.1, -0.05) is 32.0 Å². The first-order chi connectivity index (χ1) is 8.18. The van der Waals surface area contributed by atoms with Gasteiger partial charge in [0.2, 0.25) is 0 Å². The maximum absolute atomic E-state index is 5.76. The van der Waals surface area contributed by atoms with E-state index < -0.39 is 0 Å². The predicted octanol–water partition coefficient (Wildman–Crippen LogP) is 2.93. The summed E-state index contributed by atoms with van der Waals surface area (Å²) in [5.74, 6) is 1.45. The molecule has 0 spiro atoms. The van der Waals surface area contributed by atoms with E-state index in [1.165, 1.54) is 5.56 Å². The van der Waals surface area contributed by atoms with Crippen LogP contribution in [0.2, 0.25) is 0 Å². The maximum atomic E-state index is 5.76. The fourth-order valence-corrected chi connectivity index (χ4v) is 1.69. The smallest absolute Gasteiger partial charge is 0.173 e. The molecule has 1 heterocycles. The van der Waals surface area contributed by atoms with Gasteiger partial charge in [-0.3, -0.25) is 0 Å². The van der Waals surface area contributed by atoms with Crippen LogP contribution in [-0.4, -0.2) is 9.97 Å². The Labute approximate surface area is 101 Å². The largest absolute Gasteiger partial charge is 0.381 e. The Kier molecular flexibility index (Phi) is 3.23. The molecule has 0 radical (unpaired) electrons. The van der Waals surface area contributed by atoms with Gasteiger partial charge in [0.15, 0.2) is 11.6 Å². The van der Waals surface area contributed by atoms with Gasteiger partial charge >= 0.3 is 0 Å². The minimum absolute atomic E-state index is 0.408. The lowest BCUT2D eigenvalue weighted by atomic mass is 10.0. The Hall–Kier alpha value is -2.10. The minimum atomic E-state index is 0.408. The van der Waals surface area contributed by atoms with Crippen LogP contribution in [0.25, 0.3) is 0 Å². The molecule has 88 valence electrons. The number of nitrogens with one attached hydrogen (secondary N) is 1. The number of rotatable bonds is 3. The van der Waals surface area contributed by atoms with Crippen molar-refractivity contribution in [1.29, 1.82) is 0 Å². The van der Waals surface area contributed by atoms with Gasteiger partial charge in [-0.15, -0.1) is 0 Å². The first-order valence-electron chi connectivity index (χ1n) is 5.61. The summed E-state index contributed by atoms with van der Waals surface area (Å²) in [4.78, 5) is 8.18. The van der Waals surface area contributed by atoms with E-state index in [-0.39, 0.29) is 0 Å². The van der Waals surface area contributed by atoms with Gasteiger partial charge in [0.05, 0.1) is 0 Å². The Balaban J connectivity index is 2.34. The number of nitrogens with two attached hydrogens (primary N) is 1. The number of nitrogen functional groups attached to an aromatic ring is 1. The molecule has 2 aromatic rings. The van der Waals surface area contributed by atoms with Crippen molar-refractivity contribution in [3.05, 3.63) is 42.2 Å². The maximum Gasteiger partial charge on any atom is 0.173 e. The molecule has 0 saturated heterocycles. The van der Waals surface area contributed by atoms with Crippen LogP contribution in [0.5, 0.6) is 0 Å². The van der Waals surface area contributed by atoms with Crippen LogP contribution in [0.1, 0.15) is 25.3 Å². The molecular formula is C13H16N4. The molecule has 0 fully saturated rings. The summed E-state index contributed by atoms with van der Waals surface area (Å²) in [6.07, 6.45) is 3.20. The molecule has 0 aliphatic carbocycles. The molecule has 17 heavy (non-hydrogen) atoms. The van der Waals surface area contributed by atoms with Crippen molar-refractivity contribution >= 4 is 17.3 Å². The van der Waals surface area contributed by atoms with Crippen LogP contribution >= 0.6 is 0 Å². The van der Waals surface area contributed by atoms with Crippen LogP contribution in [0, 0.1) is 0 Å². The third kappa shape index (κ3) is 2.53. The quantitative estimate of drug-likeness (QED) is 0.847. The van der Waals surface area contributed by atoms with E-state index in [0.717, 1.165) is 5.69 Å². The van der Waals surface area contributed by atoms with Crippen molar-refractivity contribution < 1.29 is 0 Å². The molecule has 0 aliphatic rings. The highest BCUT2D eigenvalue weighted by Crippen LogP contribution is 2.27. The van der Waals surface area contributed by atoms with E-state index in [1.54, 1.807) is 12.4 Å². The molecule has 1 aromatic carbocycles. The molecule has 0 atom stereocenters. The molecule has 3 N–H and O–H groups in total. The third-order valence-corrected chi connectivity index (χ3v) is 2.56. The molecular weight excluding hydrogens is 212 g/mol. The second-order valence-corrected chi connectivity index (χ2v) is 4.16. The average molecular weight is 228 g/mol. The number of benzene rings is 1. The Bertz CT molecular complexity index is 508. The van der Waals surface area contributed by atoms with Crippen molar-refractivity contribution in [1.82, 2.24) is 9.97 Å². The number of hydrogen-bond acceptors (Lipinski definition) is 4. The lowest BCUT2D eigenvalue weighted by molar-refractivity contribution is 0.869. The second-order valence-electron chi connectivity index (χ2n) is 4.16. The minimum Gasteiger partial charge on any atom is -0.381 e. The van der Waals surface area contributed by atoms with Crippen LogP contribution in [0.15, 0.2) is 36.7 Å². The lowest BCUT2D eigenvalue weighted by Crippen LogP contribution is -2.03. The molecule has 0 saturated carbocycles. The molecule has 0 bridgehead atoms. The molecule has 1 aromatic heterocycles. The van der Waals surface area contributed by atoms with Gasteiger partial charge in [0.25, 0.3) is 0 Å². The summed E-state index contributed by atoms with van der Waals surface area (Å²) >= 11 is 0. The second kappa shape index (κ2) is 4.82. The van der Waals surface area contributed by atoms with E-state index in [4.69, 9.17) is 5.73 Å². The van der Waals surface area contributed by atoms with Gasteiger partial charge in [-0.25, -0.2) is 9.97 Å². The van der Waals surface area contributed by atoms with Crippen LogP contribution in [0.4, 0.5) is 17.3 Å². The van der Waals surface area contributed by atoms with Crippen LogP contribution < -0.4 is 11.1 Å². The van der Waals surface area contributed by atoms with Crippen molar-refractivity contribution in [3.63, 3.8) is 0 Å². The van der Waals surface area contributed by atoms with Gasteiger partial charge in [-0.2, -0.15) is 0 Å². The topological polar surface area (TPSA) is 63.8 Å². The normalized spacial score (nSPS) is 10.5. The van der Waals surface area contributed by atoms with Gasteiger partial charge in [0, 0.05) is 18.1 Å². The summed E-state index contributed by atoms with van der Waals surface area (Å²) in [5, 5.41) is 3.22. The number of nitrogens with zero attached hydrogens (tertiary/aromatic N) is 2. The first kappa shape index (κ1) is 11.4. The highest BCUT2D eigenvalue weighted by molar-refractivity contribution is 5.67. The molecule has 4 nitrogen and oxygen atoms in total. The van der Waals surface area contributed by atoms with Gasteiger partial charge in [0.1, 0.15) is 0 Å². The van der Waals surface area contributed by atoms with E-state index in [9.17, 15) is 0 Å². The standard InChI is InChI=1S/C13H16N4/c1-9(2)10-5-3-4-6-11(10)17-13-12(14)15-7-8-16-13/h3-9H,1-2H3,(H2,14,15)(H,16,17). The number of hydrogen-bond donors (Lipinski definition) is 2. The Morgan fingerprint density at radius 1 is 1.12 bits per heavy atom. The summed E-state index contributed by atoms with van der Waals surface area (Å²) in [7, 11) is 0. The Morgan fingerprint density at radius 2 is 1.82 bits per heavy atom. The monoisotopic (exact) mass is 228 g/mol. The molecule has 0 aliphatic heterocycles. The lowest BCUT2D eigenvalue weighted by Gasteiger charge is -2.14. The summed E-state index contributed by atoms with van der Waals surface area (Å²) in [6, 6.07) is 8.13. The van der Waals surface area contributed by atoms with Crippen LogP contribution in [0.3, 0.4) is 0 Å². The van der Waals surface area contributed by atoms with Crippen LogP contribution in [-0.2, 0) is 0 Å². The summed E-state index contributed by atoms with van der Waals surface area (Å²) in [6.45, 7) is 4.31. The molecule has 0 amide bonds. The number of para-hydroxylation sites is 1. The predicted molar refractivity (Wildman–Crippen MR) is 70.3 cm³/mol. The SMILES string of the molecule is CC(C)c1ccccc1Nc1nccnc1N. The van der Waals surface area contributed by atoms with Gasteiger partial charge in [-0.05, 0) is 17.5 Å². The number of aromatic nitrogens is 2. The van der Waals surface area contributed by atoms with E-state index in [1.807, 2.05) is 18.2 Å². The molecule has 2 rings (SSSR count). The highest BCUT2D eigenvalue weighted by atomic mass is 15.1. The zero-order valence-electron chi connectivity index (χ0n) is 10.0. The zero-order chi connectivity index (χ0) is 12.3. The van der Waals surface area contributed by atoms with E-state index in [2.05, 4.69) is 35.2 Å². The summed E-state index contributed by atoms with van der Waals surface area (Å²) in [5.41, 5.74) is 8.02. The Morgan fingerprint density at radius 3 is 2.53 bits per heavy atom. The summed E-state index contributed by atoms with van der Waals surface area (Å²) < 4.78 is 0. The molecule has 0 unspecified atom stereocenters. The van der Waals surface area contributed by atoms with E-state index >= 15 is 0 Å². The van der Waals surface area contributed by atoms with E-state index in [0.29, 0.717) is 17.6 Å². The number of anilines is 3. The van der Waals surface area contributed by atoms with Crippen molar-refractivity contribution in [2.75, 3.05) is 11.1 Å². The highest BCUT2D eigenvalue weighted by Gasteiger charge is 2.08.